The Hall–Kier alpha value is -4.30. The highest BCUT2D eigenvalue weighted by molar-refractivity contribution is 5.96. The van der Waals surface area contributed by atoms with Crippen molar-refractivity contribution in [1.29, 1.82) is 5.41 Å². The highest BCUT2D eigenvalue weighted by Gasteiger charge is 2.33. The van der Waals surface area contributed by atoms with Gasteiger partial charge in [-0.15, -0.1) is 0 Å². The van der Waals surface area contributed by atoms with Gasteiger partial charge >= 0.3 is 5.97 Å². The number of nitrogens with zero attached hydrogens (tertiary/aromatic N) is 1. The molecule has 0 heterocycles. The number of esters is 1. The van der Waals surface area contributed by atoms with Crippen LogP contribution >= 0.6 is 0 Å². The van der Waals surface area contributed by atoms with Gasteiger partial charge < -0.3 is 20.6 Å². The summed E-state index contributed by atoms with van der Waals surface area (Å²) in [6, 6.07) is 16.8. The molecule has 0 saturated heterocycles. The summed E-state index contributed by atoms with van der Waals surface area (Å²) in [5.74, 6) is -1.70. The number of hydrogen-bond acceptors (Lipinski definition) is 6. The molecule has 0 bridgehead atoms. The first-order chi connectivity index (χ1) is 19.4. The number of nitrogens with one attached hydrogen (secondary N) is 2. The molecule has 7 nitrogen and oxygen atoms in total. The molecule has 0 aliphatic heterocycles. The number of benzene rings is 3. The second-order valence-electron chi connectivity index (χ2n) is 9.80. The standard InChI is InChI=1S/C32H34FN3O4/c1-35-29-15-13-23(18-25(29)20-34)24-12-14-27(28(33)19-24)32(39)36(31(38)22-8-4-3-5-9-22)26-10-6-7-21(17-26)11-16-30(37)40-2/h6-7,10-20,22,32,34-35,39H,3-5,8-9H2,1-2H3/b16-11+,34-20?. The van der Waals surface area contributed by atoms with Crippen molar-refractivity contribution in [2.75, 3.05) is 24.4 Å². The Morgan fingerprint density at radius 2 is 1.80 bits per heavy atom. The van der Waals surface area contributed by atoms with E-state index in [9.17, 15) is 14.7 Å². The number of aliphatic hydroxyl groups excluding tert-OH is 1. The zero-order valence-corrected chi connectivity index (χ0v) is 22.7. The molecule has 208 valence electrons. The van der Waals surface area contributed by atoms with Crippen molar-refractivity contribution in [3.8, 4) is 11.1 Å². The van der Waals surface area contributed by atoms with E-state index in [-0.39, 0.29) is 17.4 Å². The lowest BCUT2D eigenvalue weighted by atomic mass is 9.88. The predicted octanol–water partition coefficient (Wildman–Crippen LogP) is 6.32. The van der Waals surface area contributed by atoms with Crippen LogP contribution in [0.25, 0.3) is 17.2 Å². The first-order valence-corrected chi connectivity index (χ1v) is 13.4. The Bertz CT molecular complexity index is 1420. The summed E-state index contributed by atoms with van der Waals surface area (Å²) in [4.78, 5) is 26.6. The van der Waals surface area contributed by atoms with Crippen LogP contribution in [0.2, 0.25) is 0 Å². The molecule has 3 aromatic carbocycles. The van der Waals surface area contributed by atoms with Gasteiger partial charge in [0.1, 0.15) is 5.82 Å². The Balaban J connectivity index is 1.71. The van der Waals surface area contributed by atoms with E-state index in [1.165, 1.54) is 36.4 Å². The van der Waals surface area contributed by atoms with Gasteiger partial charge in [0.15, 0.2) is 6.23 Å². The minimum atomic E-state index is -1.56. The highest BCUT2D eigenvalue weighted by atomic mass is 19.1. The maximum Gasteiger partial charge on any atom is 0.330 e. The van der Waals surface area contributed by atoms with Gasteiger partial charge in [0.2, 0.25) is 5.91 Å². The van der Waals surface area contributed by atoms with Crippen LogP contribution in [0.5, 0.6) is 0 Å². The quantitative estimate of drug-likeness (QED) is 0.127. The molecular weight excluding hydrogens is 509 g/mol. The van der Waals surface area contributed by atoms with E-state index in [0.717, 1.165) is 30.5 Å². The van der Waals surface area contributed by atoms with Gasteiger partial charge in [-0.2, -0.15) is 0 Å². The van der Waals surface area contributed by atoms with Gasteiger partial charge in [0.05, 0.1) is 7.11 Å². The number of anilines is 2. The van der Waals surface area contributed by atoms with Crippen LogP contribution in [-0.2, 0) is 14.3 Å². The average Bonchev–Trinajstić information content (AvgIpc) is 3.00. The number of amides is 1. The van der Waals surface area contributed by atoms with E-state index in [0.29, 0.717) is 35.2 Å². The van der Waals surface area contributed by atoms with Crippen LogP contribution in [0.4, 0.5) is 15.8 Å². The summed E-state index contributed by atoms with van der Waals surface area (Å²) in [5.41, 5.74) is 3.75. The number of carbonyl (C=O) groups is 2. The number of carbonyl (C=O) groups excluding carboxylic acids is 2. The van der Waals surface area contributed by atoms with Crippen LogP contribution in [0, 0.1) is 17.1 Å². The van der Waals surface area contributed by atoms with Crippen molar-refractivity contribution in [3.63, 3.8) is 0 Å². The molecule has 1 unspecified atom stereocenters. The normalized spacial score (nSPS) is 14.5. The van der Waals surface area contributed by atoms with Gasteiger partial charge in [0, 0.05) is 47.8 Å². The van der Waals surface area contributed by atoms with Crippen molar-refractivity contribution >= 4 is 35.5 Å². The van der Waals surface area contributed by atoms with E-state index in [4.69, 9.17) is 5.41 Å². The summed E-state index contributed by atoms with van der Waals surface area (Å²) in [7, 11) is 3.05. The molecule has 8 heteroatoms. The van der Waals surface area contributed by atoms with E-state index in [1.54, 1.807) is 49.5 Å². The first-order valence-electron chi connectivity index (χ1n) is 13.4. The van der Waals surface area contributed by atoms with Crippen LogP contribution in [0.1, 0.15) is 55.0 Å². The third kappa shape index (κ3) is 6.46. The average molecular weight is 544 g/mol. The monoisotopic (exact) mass is 543 g/mol. The zero-order valence-electron chi connectivity index (χ0n) is 22.7. The minimum absolute atomic E-state index is 0.0254. The Labute approximate surface area is 233 Å². The lowest BCUT2D eigenvalue weighted by Crippen LogP contribution is -2.40. The Kier molecular flexibility index (Phi) is 9.45. The number of methoxy groups -OCH3 is 1. The number of hydrogen-bond donors (Lipinski definition) is 3. The first kappa shape index (κ1) is 28.7. The number of aliphatic hydroxyl groups is 1. The fraction of sp³-hybridized carbons (Fsp3) is 0.281. The molecule has 0 aromatic heterocycles. The van der Waals surface area contributed by atoms with Crippen molar-refractivity contribution in [2.24, 2.45) is 5.92 Å². The molecule has 3 N–H and O–H groups in total. The number of ether oxygens (including phenoxy) is 1. The largest absolute Gasteiger partial charge is 0.466 e. The van der Waals surface area contributed by atoms with Crippen LogP contribution in [0.15, 0.2) is 66.7 Å². The molecule has 4 rings (SSSR count). The van der Waals surface area contributed by atoms with Crippen molar-refractivity contribution < 1.29 is 23.8 Å². The molecule has 3 aromatic rings. The molecule has 0 spiro atoms. The van der Waals surface area contributed by atoms with E-state index in [1.807, 2.05) is 12.1 Å². The lowest BCUT2D eigenvalue weighted by Gasteiger charge is -2.33. The molecule has 1 aliphatic rings. The third-order valence-electron chi connectivity index (χ3n) is 7.29. The second kappa shape index (κ2) is 13.2. The number of halogens is 1. The lowest BCUT2D eigenvalue weighted by molar-refractivity contribution is -0.134. The van der Waals surface area contributed by atoms with E-state index < -0.39 is 18.0 Å². The Morgan fingerprint density at radius 3 is 2.48 bits per heavy atom. The molecule has 40 heavy (non-hydrogen) atoms. The highest BCUT2D eigenvalue weighted by Crippen LogP contribution is 2.35. The fourth-order valence-corrected chi connectivity index (χ4v) is 5.09. The topological polar surface area (TPSA) is 103 Å². The summed E-state index contributed by atoms with van der Waals surface area (Å²) in [5, 5.41) is 22.2. The third-order valence-corrected chi connectivity index (χ3v) is 7.29. The predicted molar refractivity (Wildman–Crippen MR) is 156 cm³/mol. The van der Waals surface area contributed by atoms with Gasteiger partial charge in [0.25, 0.3) is 0 Å². The summed E-state index contributed by atoms with van der Waals surface area (Å²) in [6.45, 7) is 0. The molecule has 1 atom stereocenters. The summed E-state index contributed by atoms with van der Waals surface area (Å²) in [6.07, 6.45) is 6.83. The summed E-state index contributed by atoms with van der Waals surface area (Å²) >= 11 is 0. The SMILES string of the molecule is CNc1ccc(-c2ccc(C(O)N(C(=O)C3CCCCC3)c3cccc(/C=C/C(=O)OC)c3)c(F)c2)cc1C=N. The molecule has 1 aliphatic carbocycles. The van der Waals surface area contributed by atoms with Crippen LogP contribution < -0.4 is 10.2 Å². The van der Waals surface area contributed by atoms with Gasteiger partial charge in [-0.1, -0.05) is 49.6 Å². The molecule has 1 fully saturated rings. The molecule has 1 amide bonds. The summed E-state index contributed by atoms with van der Waals surface area (Å²) < 4.78 is 20.3. The number of rotatable bonds is 9. The van der Waals surface area contributed by atoms with Crippen LogP contribution in [-0.4, -0.2) is 37.4 Å². The van der Waals surface area contributed by atoms with Gasteiger partial charge in [-0.25, -0.2) is 9.18 Å². The van der Waals surface area contributed by atoms with Crippen molar-refractivity contribution in [3.05, 3.63) is 89.2 Å². The molecule has 1 saturated carbocycles. The van der Waals surface area contributed by atoms with Crippen molar-refractivity contribution in [2.45, 2.75) is 38.3 Å². The maximum absolute atomic E-state index is 15.6. The molecular formula is C32H34FN3O4. The second-order valence-corrected chi connectivity index (χ2v) is 9.80. The zero-order chi connectivity index (χ0) is 28.6. The maximum atomic E-state index is 15.6. The minimum Gasteiger partial charge on any atom is -0.466 e. The Morgan fingerprint density at radius 1 is 1.07 bits per heavy atom. The van der Waals surface area contributed by atoms with E-state index >= 15 is 4.39 Å². The smallest absolute Gasteiger partial charge is 0.330 e. The van der Waals surface area contributed by atoms with Crippen LogP contribution in [0.3, 0.4) is 0 Å². The van der Waals surface area contributed by atoms with Gasteiger partial charge in [-0.3, -0.25) is 9.69 Å². The fourth-order valence-electron chi connectivity index (χ4n) is 5.09. The van der Waals surface area contributed by atoms with Crippen molar-refractivity contribution in [1.82, 2.24) is 0 Å². The van der Waals surface area contributed by atoms with Gasteiger partial charge in [-0.05, 0) is 65.9 Å². The molecule has 0 radical (unpaired) electrons. The van der Waals surface area contributed by atoms with E-state index in [2.05, 4.69) is 10.1 Å².